The van der Waals surface area contributed by atoms with Crippen LogP contribution in [0.3, 0.4) is 0 Å². The number of azo groups is 2. The highest BCUT2D eigenvalue weighted by molar-refractivity contribution is 7.87. The molecule has 0 fully saturated rings. The van der Waals surface area contributed by atoms with E-state index in [1.54, 1.807) is 0 Å². The van der Waals surface area contributed by atoms with E-state index in [9.17, 15) is 80.1 Å². The number of methoxy groups -OCH3 is 2. The number of nitrogens with zero attached hydrogens (tertiary/aromatic N) is 8. The maximum atomic E-state index is 12.8. The number of fused-ring (bicyclic) bond motifs is 4. The Morgan fingerprint density at radius 2 is 1.12 bits per heavy atom. The standard InChI is InChI=1S/C42H30N8O20S5/c1-69-34-20-33(35(70-2)19-32(34)44-43-24-7-5-21(36(15-24)72(57,58)59)3-4-22-6-8-26(50(52)53)16-37(22)73(60,61)62)45-46-41-39(75(66,67)68)14-23-13-25(9-10-28(23)42(41)51)49-47-31-12-11-29-30(40(31)48-49)17-27(71(54,55)56)18-38(29)74(63,64)65/h3-20,51H,1-2H3,(H,54,55,56)(H,57,58,59)(H,60,61,62)(H,63,64,65)(H,66,67,68). The van der Waals surface area contributed by atoms with E-state index in [4.69, 9.17) is 9.47 Å². The molecule has 28 nitrogen and oxygen atoms in total. The summed E-state index contributed by atoms with van der Waals surface area (Å²) in [4.78, 5) is 7.00. The van der Waals surface area contributed by atoms with Crippen molar-refractivity contribution < 1.29 is 84.4 Å². The normalized spacial score (nSPS) is 13.0. The number of hydrogen-bond donors (Lipinski definition) is 6. The van der Waals surface area contributed by atoms with E-state index < -0.39 is 97.1 Å². The second-order valence-corrected chi connectivity index (χ2v) is 22.4. The fourth-order valence-electron chi connectivity index (χ4n) is 7.35. The average Bonchev–Trinajstić information content (AvgIpc) is 3.79. The first-order chi connectivity index (χ1) is 35.0. The Morgan fingerprint density at radius 3 is 1.68 bits per heavy atom. The Labute approximate surface area is 421 Å². The van der Waals surface area contributed by atoms with E-state index in [2.05, 4.69) is 30.7 Å². The Hall–Kier alpha value is -8.25. The van der Waals surface area contributed by atoms with Gasteiger partial charge in [-0.15, -0.1) is 25.5 Å². The molecule has 0 amide bonds. The third-order valence-electron chi connectivity index (χ3n) is 10.8. The quantitative estimate of drug-likeness (QED) is 0.0189. The molecular weight excluding hydrogens is 1100 g/mol. The number of aromatic nitrogens is 3. The molecule has 1 heterocycles. The summed E-state index contributed by atoms with van der Waals surface area (Å²) in [5.74, 6) is -1.000. The van der Waals surface area contributed by atoms with Gasteiger partial charge in [-0.2, -0.15) is 52.0 Å². The molecule has 75 heavy (non-hydrogen) atoms. The van der Waals surface area contributed by atoms with Crippen molar-refractivity contribution in [1.82, 2.24) is 15.0 Å². The van der Waals surface area contributed by atoms with Gasteiger partial charge in [-0.25, -0.2) is 0 Å². The molecule has 8 aromatic rings. The minimum absolute atomic E-state index is 0.0367. The molecule has 0 radical (unpaired) electrons. The molecule has 388 valence electrons. The minimum Gasteiger partial charge on any atom is -0.505 e. The molecule has 6 N–H and O–H groups in total. The lowest BCUT2D eigenvalue weighted by Crippen LogP contribution is -2.04. The molecule has 1 aromatic heterocycles. The van der Waals surface area contributed by atoms with Crippen LogP contribution in [0.25, 0.3) is 50.4 Å². The highest BCUT2D eigenvalue weighted by Gasteiger charge is 2.26. The lowest BCUT2D eigenvalue weighted by Gasteiger charge is -2.11. The highest BCUT2D eigenvalue weighted by atomic mass is 32.2. The largest absolute Gasteiger partial charge is 0.505 e. The average molecular weight is 1130 g/mol. The third kappa shape index (κ3) is 10.9. The van der Waals surface area contributed by atoms with Crippen LogP contribution in [-0.4, -0.2) is 104 Å². The van der Waals surface area contributed by atoms with Gasteiger partial charge in [0, 0.05) is 40.4 Å². The number of phenols is 1. The molecule has 0 saturated heterocycles. The SMILES string of the molecule is COc1cc(N=Nc2c(S(=O)(=O)O)cc3cc(-n4nc5ccc6c(S(=O)(=O)O)cc(S(=O)(=O)O)cc6c5n4)ccc3c2O)c(OC)cc1N=Nc1ccc(C=Cc2ccc([N+](=O)[O-])cc2S(=O)(=O)O)c(S(=O)(=O)O)c1. The number of nitro benzene ring substituents is 1. The van der Waals surface area contributed by atoms with Crippen LogP contribution < -0.4 is 9.47 Å². The summed E-state index contributed by atoms with van der Waals surface area (Å²) in [5, 5.41) is 46.9. The predicted octanol–water partition coefficient (Wildman–Crippen LogP) is 7.59. The summed E-state index contributed by atoms with van der Waals surface area (Å²) in [6.45, 7) is 0. The van der Waals surface area contributed by atoms with Crippen LogP contribution in [0.2, 0.25) is 0 Å². The van der Waals surface area contributed by atoms with Gasteiger partial charge >= 0.3 is 0 Å². The second kappa shape index (κ2) is 19.2. The molecule has 33 heteroatoms. The van der Waals surface area contributed by atoms with Gasteiger partial charge in [0.05, 0.1) is 35.4 Å². The van der Waals surface area contributed by atoms with E-state index in [-0.39, 0.29) is 78.0 Å². The maximum absolute atomic E-state index is 12.8. The van der Waals surface area contributed by atoms with Crippen LogP contribution >= 0.6 is 0 Å². The van der Waals surface area contributed by atoms with Crippen LogP contribution in [0.15, 0.2) is 142 Å². The summed E-state index contributed by atoms with van der Waals surface area (Å²) in [7, 11) is -22.8. The van der Waals surface area contributed by atoms with Gasteiger partial charge < -0.3 is 14.6 Å². The van der Waals surface area contributed by atoms with Gasteiger partial charge in [0.25, 0.3) is 56.3 Å². The minimum atomic E-state index is -5.20. The molecular formula is C42H30N8O20S5. The van der Waals surface area contributed by atoms with Crippen LogP contribution in [0, 0.1) is 10.1 Å². The van der Waals surface area contributed by atoms with Crippen molar-refractivity contribution in [2.24, 2.45) is 20.5 Å². The van der Waals surface area contributed by atoms with Crippen LogP contribution in [0.4, 0.5) is 28.4 Å². The zero-order valence-electron chi connectivity index (χ0n) is 37.4. The molecule has 8 rings (SSSR count). The van der Waals surface area contributed by atoms with Crippen molar-refractivity contribution in [3.8, 4) is 22.9 Å². The molecule has 0 saturated carbocycles. The fourth-order valence-corrected chi connectivity index (χ4v) is 10.8. The maximum Gasteiger partial charge on any atom is 0.296 e. The molecule has 7 aromatic carbocycles. The highest BCUT2D eigenvalue weighted by Crippen LogP contribution is 2.45. The van der Waals surface area contributed by atoms with Crippen molar-refractivity contribution >= 4 is 124 Å². The molecule has 0 bridgehead atoms. The van der Waals surface area contributed by atoms with Gasteiger partial charge in [-0.1, -0.05) is 24.3 Å². The number of nitro groups is 1. The first-order valence-corrected chi connectivity index (χ1v) is 27.4. The fraction of sp³-hybridized carbons (Fsp3) is 0.0476. The Kier molecular flexibility index (Phi) is 13.6. The monoisotopic (exact) mass is 1130 g/mol. The lowest BCUT2D eigenvalue weighted by atomic mass is 10.1. The molecule has 0 unspecified atom stereocenters. The number of non-ortho nitro benzene ring substituents is 1. The van der Waals surface area contributed by atoms with Crippen LogP contribution in [0.1, 0.15) is 11.1 Å². The molecule has 0 spiro atoms. The van der Waals surface area contributed by atoms with Gasteiger partial charge in [-0.05, 0) is 77.2 Å². The van der Waals surface area contributed by atoms with Gasteiger partial charge in [0.2, 0.25) is 0 Å². The van der Waals surface area contributed by atoms with Crippen molar-refractivity contribution in [3.63, 3.8) is 0 Å². The predicted molar refractivity (Wildman–Crippen MR) is 261 cm³/mol. The van der Waals surface area contributed by atoms with Crippen LogP contribution in [-0.2, 0) is 50.6 Å². The number of aromatic hydroxyl groups is 1. The molecule has 0 aliphatic heterocycles. The van der Waals surface area contributed by atoms with Gasteiger partial charge in [0.15, 0.2) is 5.75 Å². The first kappa shape index (κ1) is 53.1. The second-order valence-electron chi connectivity index (χ2n) is 15.4. The smallest absolute Gasteiger partial charge is 0.296 e. The van der Waals surface area contributed by atoms with Crippen molar-refractivity contribution in [1.29, 1.82) is 0 Å². The molecule has 0 aliphatic rings. The van der Waals surface area contributed by atoms with Gasteiger partial charge in [-0.3, -0.25) is 32.9 Å². The number of hydrogen-bond acceptors (Lipinski definition) is 21. The summed E-state index contributed by atoms with van der Waals surface area (Å²) in [5.41, 5.74) is -2.27. The topological polar surface area (TPSA) is 434 Å². The van der Waals surface area contributed by atoms with Crippen molar-refractivity contribution in [2.45, 2.75) is 24.5 Å². The Morgan fingerprint density at radius 1 is 0.560 bits per heavy atom. The number of phenolic OH excluding ortho intramolecular Hbond substituents is 1. The zero-order valence-corrected chi connectivity index (χ0v) is 41.5. The van der Waals surface area contributed by atoms with E-state index in [1.807, 2.05) is 0 Å². The van der Waals surface area contributed by atoms with Crippen LogP contribution in [0.5, 0.6) is 17.2 Å². The van der Waals surface area contributed by atoms with Crippen molar-refractivity contribution in [2.75, 3.05) is 14.2 Å². The van der Waals surface area contributed by atoms with E-state index in [1.165, 1.54) is 62.8 Å². The molecule has 0 aliphatic carbocycles. The van der Waals surface area contributed by atoms with Gasteiger partial charge in [0.1, 0.15) is 59.2 Å². The lowest BCUT2D eigenvalue weighted by molar-refractivity contribution is -0.385. The summed E-state index contributed by atoms with van der Waals surface area (Å²) in [6.07, 6.45) is 2.07. The van der Waals surface area contributed by atoms with Crippen molar-refractivity contribution in [3.05, 3.63) is 118 Å². The van der Waals surface area contributed by atoms with E-state index in [0.717, 1.165) is 53.3 Å². The Balaban J connectivity index is 1.12. The number of ether oxygens (including phenoxy) is 2. The number of rotatable bonds is 15. The Bertz CT molecular complexity index is 4470. The first-order valence-electron chi connectivity index (χ1n) is 20.2. The summed E-state index contributed by atoms with van der Waals surface area (Å²) in [6, 6.07) is 17.1. The van der Waals surface area contributed by atoms with E-state index in [0.29, 0.717) is 12.1 Å². The number of benzene rings is 7. The van der Waals surface area contributed by atoms with E-state index >= 15 is 0 Å². The summed E-state index contributed by atoms with van der Waals surface area (Å²) >= 11 is 0. The third-order valence-corrected chi connectivity index (χ3v) is 15.2. The summed E-state index contributed by atoms with van der Waals surface area (Å²) < 4.78 is 183. The zero-order chi connectivity index (χ0) is 54.7. The molecule has 0 atom stereocenters.